The third-order valence-electron chi connectivity index (χ3n) is 2.39. The van der Waals surface area contributed by atoms with E-state index in [9.17, 15) is 12.6 Å². The molecule has 0 spiro atoms. The molecule has 0 heterocycles. The number of anilines is 1. The first-order valence-electron chi connectivity index (χ1n) is 5.11. The maximum Gasteiger partial charge on any atom is 0.244 e. The van der Waals surface area contributed by atoms with Gasteiger partial charge in [-0.15, -0.1) is 0 Å². The molecule has 1 aromatic rings. The molecule has 102 valence electrons. The summed E-state index contributed by atoms with van der Waals surface area (Å²) in [6, 6.07) is 4.48. The van der Waals surface area contributed by atoms with Crippen LogP contribution in [0.3, 0.4) is 0 Å². The molecule has 0 fully saturated rings. The van der Waals surface area contributed by atoms with Gasteiger partial charge < -0.3 is 5.73 Å². The molecule has 0 aromatic heterocycles. The number of hydrogen-bond acceptors (Lipinski definition) is 4. The second kappa shape index (κ2) is 6.01. The van der Waals surface area contributed by atoms with E-state index in [1.54, 1.807) is 13.0 Å². The normalized spacial score (nSPS) is 15.3. The summed E-state index contributed by atoms with van der Waals surface area (Å²) in [4.78, 5) is -0.138. The van der Waals surface area contributed by atoms with E-state index in [1.165, 1.54) is 18.4 Å². The van der Waals surface area contributed by atoms with Crippen LogP contribution in [0.4, 0.5) is 5.69 Å². The molecule has 0 bridgehead atoms. The van der Waals surface area contributed by atoms with Crippen molar-refractivity contribution in [2.24, 2.45) is 0 Å². The Morgan fingerprint density at radius 3 is 2.61 bits per heavy atom. The van der Waals surface area contributed by atoms with Gasteiger partial charge in [0.1, 0.15) is 4.90 Å². The highest BCUT2D eigenvalue weighted by Crippen LogP contribution is 2.26. The molecule has 8 heteroatoms. The van der Waals surface area contributed by atoms with Crippen LogP contribution in [0.2, 0.25) is 5.02 Å². The smallest absolute Gasteiger partial charge is 0.244 e. The Bertz CT molecular complexity index is 540. The summed E-state index contributed by atoms with van der Waals surface area (Å²) in [5, 5.41) is -0.226. The first-order chi connectivity index (χ1) is 8.25. The van der Waals surface area contributed by atoms with Crippen molar-refractivity contribution < 1.29 is 12.6 Å². The van der Waals surface area contributed by atoms with Crippen LogP contribution in [0.1, 0.15) is 6.92 Å². The number of hydrogen-bond donors (Lipinski definition) is 2. The van der Waals surface area contributed by atoms with Crippen LogP contribution in [-0.4, -0.2) is 30.7 Å². The van der Waals surface area contributed by atoms with Crippen LogP contribution in [0.5, 0.6) is 0 Å². The Hall–Kier alpha value is -0.630. The van der Waals surface area contributed by atoms with E-state index in [-0.39, 0.29) is 27.4 Å². The van der Waals surface area contributed by atoms with Gasteiger partial charge in [-0.3, -0.25) is 4.21 Å². The molecule has 0 saturated heterocycles. The molecule has 0 saturated carbocycles. The quantitative estimate of drug-likeness (QED) is 0.793. The number of sulfonamides is 1. The van der Waals surface area contributed by atoms with Crippen molar-refractivity contribution in [1.82, 2.24) is 4.72 Å². The van der Waals surface area contributed by atoms with Gasteiger partial charge in [-0.05, 0) is 19.1 Å². The Kier molecular flexibility index (Phi) is 5.15. The second-order valence-electron chi connectivity index (χ2n) is 3.82. The summed E-state index contributed by atoms with van der Waals surface area (Å²) < 4.78 is 37.6. The van der Waals surface area contributed by atoms with E-state index < -0.39 is 20.8 Å². The Labute approximate surface area is 114 Å². The van der Waals surface area contributed by atoms with Crippen molar-refractivity contribution in [3.8, 4) is 0 Å². The number of nitrogens with one attached hydrogen (secondary N) is 1. The minimum atomic E-state index is -3.79. The third-order valence-corrected chi connectivity index (χ3v) is 5.66. The molecule has 0 aliphatic heterocycles. The zero-order chi connectivity index (χ0) is 13.9. The van der Waals surface area contributed by atoms with E-state index >= 15 is 0 Å². The van der Waals surface area contributed by atoms with Gasteiger partial charge >= 0.3 is 0 Å². The average Bonchev–Trinajstić information content (AvgIpc) is 2.25. The fourth-order valence-corrected chi connectivity index (χ4v) is 3.45. The zero-order valence-electron chi connectivity index (χ0n) is 10.0. The fourth-order valence-electron chi connectivity index (χ4n) is 1.23. The van der Waals surface area contributed by atoms with E-state index in [0.29, 0.717) is 0 Å². The summed E-state index contributed by atoms with van der Waals surface area (Å²) in [6.45, 7) is 1.75. The van der Waals surface area contributed by atoms with Gasteiger partial charge in [-0.1, -0.05) is 17.7 Å². The molecule has 0 aliphatic carbocycles. The second-order valence-corrected chi connectivity index (χ2v) is 7.73. The summed E-state index contributed by atoms with van der Waals surface area (Å²) >= 11 is 5.83. The molecule has 2 atom stereocenters. The van der Waals surface area contributed by atoms with Crippen LogP contribution in [0, 0.1) is 0 Å². The molecule has 0 aliphatic rings. The summed E-state index contributed by atoms with van der Waals surface area (Å²) in [5.74, 6) is 0. The maximum absolute atomic E-state index is 12.0. The van der Waals surface area contributed by atoms with E-state index in [1.807, 2.05) is 0 Å². The molecule has 1 rings (SSSR count). The van der Waals surface area contributed by atoms with Crippen molar-refractivity contribution >= 4 is 38.1 Å². The number of halogens is 1. The monoisotopic (exact) mass is 310 g/mol. The van der Waals surface area contributed by atoms with E-state index in [4.69, 9.17) is 17.3 Å². The standard InChI is InChI=1S/C10H15ClN2O3S2/c1-7(17(2)14)6-13-18(15,16)10-8(11)4-3-5-9(10)12/h3-5,7,13H,6,12H2,1-2H3. The number of benzene rings is 1. The summed E-state index contributed by atoms with van der Waals surface area (Å²) in [7, 11) is -4.89. The number of rotatable bonds is 5. The van der Waals surface area contributed by atoms with Crippen LogP contribution in [-0.2, 0) is 20.8 Å². The molecule has 3 N–H and O–H groups in total. The fraction of sp³-hybridized carbons (Fsp3) is 0.400. The Balaban J connectivity index is 2.98. The highest BCUT2D eigenvalue weighted by Gasteiger charge is 2.21. The van der Waals surface area contributed by atoms with Crippen molar-refractivity contribution in [1.29, 1.82) is 0 Å². The molecular weight excluding hydrogens is 296 g/mol. The van der Waals surface area contributed by atoms with Gasteiger partial charge in [0.25, 0.3) is 0 Å². The lowest BCUT2D eigenvalue weighted by molar-refractivity contribution is 0.581. The lowest BCUT2D eigenvalue weighted by atomic mass is 10.3. The maximum atomic E-state index is 12.0. The van der Waals surface area contributed by atoms with Gasteiger partial charge in [-0.2, -0.15) is 0 Å². The Morgan fingerprint density at radius 1 is 1.50 bits per heavy atom. The van der Waals surface area contributed by atoms with Crippen molar-refractivity contribution in [3.05, 3.63) is 23.2 Å². The molecule has 1 aromatic carbocycles. The van der Waals surface area contributed by atoms with Gasteiger partial charge in [0, 0.05) is 28.9 Å². The van der Waals surface area contributed by atoms with Crippen molar-refractivity contribution in [3.63, 3.8) is 0 Å². The number of nitrogens with two attached hydrogens (primary N) is 1. The molecule has 2 unspecified atom stereocenters. The van der Waals surface area contributed by atoms with Gasteiger partial charge in [0.2, 0.25) is 10.0 Å². The Morgan fingerprint density at radius 2 is 2.11 bits per heavy atom. The zero-order valence-corrected chi connectivity index (χ0v) is 12.4. The predicted octanol–water partition coefficient (Wildman–Crippen LogP) is 0.968. The minimum Gasteiger partial charge on any atom is -0.398 e. The molecular formula is C10H15ClN2O3S2. The average molecular weight is 311 g/mol. The predicted molar refractivity (Wildman–Crippen MR) is 74.6 cm³/mol. The first kappa shape index (κ1) is 15.4. The largest absolute Gasteiger partial charge is 0.398 e. The summed E-state index contributed by atoms with van der Waals surface area (Å²) in [5.41, 5.74) is 5.69. The van der Waals surface area contributed by atoms with E-state index in [0.717, 1.165) is 0 Å². The lowest BCUT2D eigenvalue weighted by Gasteiger charge is -2.13. The summed E-state index contributed by atoms with van der Waals surface area (Å²) in [6.07, 6.45) is 1.52. The van der Waals surface area contributed by atoms with Crippen LogP contribution < -0.4 is 10.5 Å². The van der Waals surface area contributed by atoms with Gasteiger partial charge in [0.05, 0.1) is 10.7 Å². The molecule has 18 heavy (non-hydrogen) atoms. The van der Waals surface area contributed by atoms with Crippen molar-refractivity contribution in [2.45, 2.75) is 17.1 Å². The SMILES string of the molecule is CC(CNS(=O)(=O)c1c(N)cccc1Cl)S(C)=O. The van der Waals surface area contributed by atoms with Gasteiger partial charge in [-0.25, -0.2) is 13.1 Å². The first-order valence-corrected chi connectivity index (χ1v) is 8.60. The third kappa shape index (κ3) is 3.68. The molecule has 5 nitrogen and oxygen atoms in total. The van der Waals surface area contributed by atoms with Gasteiger partial charge in [0.15, 0.2) is 0 Å². The highest BCUT2D eigenvalue weighted by atomic mass is 35.5. The van der Waals surface area contributed by atoms with E-state index in [2.05, 4.69) is 4.72 Å². The number of nitrogen functional groups attached to an aromatic ring is 1. The van der Waals surface area contributed by atoms with Crippen LogP contribution in [0.25, 0.3) is 0 Å². The minimum absolute atomic E-state index is 0.0628. The van der Waals surface area contributed by atoms with Crippen LogP contribution >= 0.6 is 11.6 Å². The highest BCUT2D eigenvalue weighted by molar-refractivity contribution is 7.90. The van der Waals surface area contributed by atoms with Crippen LogP contribution in [0.15, 0.2) is 23.1 Å². The molecule has 0 radical (unpaired) electrons. The topological polar surface area (TPSA) is 89.3 Å². The lowest BCUT2D eigenvalue weighted by Crippen LogP contribution is -2.33. The van der Waals surface area contributed by atoms with Crippen molar-refractivity contribution in [2.75, 3.05) is 18.5 Å². The molecule has 0 amide bonds.